The quantitative estimate of drug-likeness (QED) is 0.572. The second-order valence-electron chi connectivity index (χ2n) is 6.41. The number of nitrogens with zero attached hydrogens (tertiary/aromatic N) is 5. The van der Waals surface area contributed by atoms with Gasteiger partial charge in [-0.05, 0) is 65.1 Å². The summed E-state index contributed by atoms with van der Waals surface area (Å²) in [6.45, 7) is 2.80. The molecule has 1 aromatic carbocycles. The number of amides is 1. The summed E-state index contributed by atoms with van der Waals surface area (Å²) in [5.74, 6) is 2.27. The molecule has 7 nitrogen and oxygen atoms in total. The van der Waals surface area contributed by atoms with Crippen LogP contribution in [0.2, 0.25) is 0 Å². The molecule has 1 saturated heterocycles. The predicted octanol–water partition coefficient (Wildman–Crippen LogP) is 3.18. The summed E-state index contributed by atoms with van der Waals surface area (Å²) in [5, 5.41) is 11.7. The van der Waals surface area contributed by atoms with Gasteiger partial charge >= 0.3 is 0 Å². The van der Waals surface area contributed by atoms with Gasteiger partial charge in [0.05, 0.1) is 0 Å². The number of pyridine rings is 1. The van der Waals surface area contributed by atoms with Crippen LogP contribution in [0.3, 0.4) is 0 Å². The van der Waals surface area contributed by atoms with Gasteiger partial charge in [-0.25, -0.2) is 4.98 Å². The first kappa shape index (κ1) is 18.6. The summed E-state index contributed by atoms with van der Waals surface area (Å²) in [6, 6.07) is 17.2. The molecule has 1 amide bonds. The molecule has 8 heteroatoms. The van der Waals surface area contributed by atoms with Crippen LogP contribution in [-0.4, -0.2) is 52.2 Å². The average Bonchev–Trinajstić information content (AvgIpc) is 2.75. The zero-order chi connectivity index (χ0) is 19.3. The third kappa shape index (κ3) is 4.38. The van der Waals surface area contributed by atoms with Crippen LogP contribution >= 0.6 is 22.6 Å². The number of halogens is 1. The molecule has 3 heterocycles. The highest BCUT2D eigenvalue weighted by molar-refractivity contribution is 14.1. The highest BCUT2D eigenvalue weighted by Crippen LogP contribution is 2.18. The topological polar surface area (TPSA) is 74.2 Å². The van der Waals surface area contributed by atoms with E-state index in [4.69, 9.17) is 0 Å². The van der Waals surface area contributed by atoms with E-state index in [9.17, 15) is 4.79 Å². The molecule has 3 aromatic rings. The van der Waals surface area contributed by atoms with Crippen LogP contribution in [-0.2, 0) is 0 Å². The number of aromatic nitrogens is 3. The van der Waals surface area contributed by atoms with E-state index in [1.165, 1.54) is 0 Å². The molecule has 0 aliphatic carbocycles. The highest BCUT2D eigenvalue weighted by Gasteiger charge is 2.23. The normalized spacial score (nSPS) is 14.0. The van der Waals surface area contributed by atoms with Crippen LogP contribution in [0.25, 0.3) is 0 Å². The zero-order valence-corrected chi connectivity index (χ0v) is 17.3. The van der Waals surface area contributed by atoms with Crippen LogP contribution in [0.5, 0.6) is 0 Å². The van der Waals surface area contributed by atoms with Crippen molar-refractivity contribution < 1.29 is 4.79 Å². The molecule has 4 rings (SSSR count). The minimum Gasteiger partial charge on any atom is -0.352 e. The van der Waals surface area contributed by atoms with Crippen LogP contribution in [0.1, 0.15) is 10.4 Å². The number of hydrogen-bond acceptors (Lipinski definition) is 6. The summed E-state index contributed by atoms with van der Waals surface area (Å²) in [6.07, 6.45) is 1.72. The lowest BCUT2D eigenvalue weighted by Crippen LogP contribution is -2.49. The summed E-state index contributed by atoms with van der Waals surface area (Å²) in [4.78, 5) is 20.9. The number of carbonyl (C=O) groups is 1. The maximum Gasteiger partial charge on any atom is 0.254 e. The lowest BCUT2D eigenvalue weighted by molar-refractivity contribution is 0.0746. The monoisotopic (exact) mass is 486 g/mol. The Morgan fingerprint density at radius 3 is 2.46 bits per heavy atom. The van der Waals surface area contributed by atoms with Gasteiger partial charge in [-0.2, -0.15) is 0 Å². The van der Waals surface area contributed by atoms with Crippen LogP contribution in [0.15, 0.2) is 60.8 Å². The Labute approximate surface area is 176 Å². The van der Waals surface area contributed by atoms with Crippen molar-refractivity contribution in [1.29, 1.82) is 0 Å². The maximum absolute atomic E-state index is 12.7. The molecule has 1 aliphatic heterocycles. The van der Waals surface area contributed by atoms with E-state index in [1.807, 2.05) is 59.5 Å². The number of hydrogen-bond donors (Lipinski definition) is 1. The van der Waals surface area contributed by atoms with Gasteiger partial charge in [0.1, 0.15) is 5.82 Å². The molecule has 0 saturated carbocycles. The van der Waals surface area contributed by atoms with Gasteiger partial charge in [-0.3, -0.25) is 4.79 Å². The number of benzene rings is 1. The Hall–Kier alpha value is -2.75. The number of rotatable bonds is 4. The molecule has 2 aromatic heterocycles. The average molecular weight is 486 g/mol. The molecule has 28 heavy (non-hydrogen) atoms. The Morgan fingerprint density at radius 2 is 1.79 bits per heavy atom. The van der Waals surface area contributed by atoms with E-state index in [0.29, 0.717) is 18.9 Å². The van der Waals surface area contributed by atoms with Gasteiger partial charge in [0.2, 0.25) is 0 Å². The summed E-state index contributed by atoms with van der Waals surface area (Å²) < 4.78 is 1.07. The molecule has 142 valence electrons. The lowest BCUT2D eigenvalue weighted by atomic mass is 10.2. The molecular weight excluding hydrogens is 467 g/mol. The van der Waals surface area contributed by atoms with E-state index >= 15 is 0 Å². The van der Waals surface area contributed by atoms with E-state index in [-0.39, 0.29) is 5.91 Å². The largest absolute Gasteiger partial charge is 0.352 e. The first-order valence-corrected chi connectivity index (χ1v) is 10.1. The lowest BCUT2D eigenvalue weighted by Gasteiger charge is -2.35. The van der Waals surface area contributed by atoms with Gasteiger partial charge in [0.25, 0.3) is 5.91 Å². The van der Waals surface area contributed by atoms with Crippen molar-refractivity contribution in [2.45, 2.75) is 0 Å². The van der Waals surface area contributed by atoms with Gasteiger partial charge in [0.15, 0.2) is 11.6 Å². The van der Waals surface area contributed by atoms with E-state index in [2.05, 4.69) is 48.0 Å². The zero-order valence-electron chi connectivity index (χ0n) is 15.1. The van der Waals surface area contributed by atoms with Crippen LogP contribution in [0.4, 0.5) is 17.5 Å². The molecule has 0 atom stereocenters. The fourth-order valence-corrected chi connectivity index (χ4v) is 3.61. The Balaban J connectivity index is 1.35. The maximum atomic E-state index is 12.7. The molecule has 0 bridgehead atoms. The van der Waals surface area contributed by atoms with Gasteiger partial charge in [0, 0.05) is 41.5 Å². The molecule has 1 N–H and O–H groups in total. The number of piperazine rings is 1. The summed E-state index contributed by atoms with van der Waals surface area (Å²) in [7, 11) is 0. The van der Waals surface area contributed by atoms with Crippen molar-refractivity contribution in [3.63, 3.8) is 0 Å². The van der Waals surface area contributed by atoms with Crippen LogP contribution in [0, 0.1) is 3.57 Å². The van der Waals surface area contributed by atoms with Crippen LogP contribution < -0.4 is 10.2 Å². The molecular formula is C20H19IN6O. The Kier molecular flexibility index (Phi) is 5.65. The number of anilines is 3. The third-order valence-corrected chi connectivity index (χ3v) is 5.20. The molecule has 1 fully saturated rings. The fourth-order valence-electron chi connectivity index (χ4n) is 3.07. The van der Waals surface area contributed by atoms with Crippen molar-refractivity contribution in [2.24, 2.45) is 0 Å². The van der Waals surface area contributed by atoms with Crippen molar-refractivity contribution >= 4 is 46.0 Å². The van der Waals surface area contributed by atoms with Crippen molar-refractivity contribution in [3.05, 3.63) is 69.9 Å². The molecule has 1 aliphatic rings. The Bertz CT molecular complexity index is 942. The first-order chi connectivity index (χ1) is 13.7. The van der Waals surface area contributed by atoms with Crippen molar-refractivity contribution in [2.75, 3.05) is 36.4 Å². The third-order valence-electron chi connectivity index (χ3n) is 4.53. The first-order valence-electron chi connectivity index (χ1n) is 9.00. The number of nitrogens with one attached hydrogen (secondary N) is 1. The SMILES string of the molecule is O=C(c1cccc(I)c1)N1CCN(c2ccc(Nc3ccccn3)nn2)CC1. The Morgan fingerprint density at radius 1 is 0.929 bits per heavy atom. The van der Waals surface area contributed by atoms with Crippen molar-refractivity contribution in [3.8, 4) is 0 Å². The van der Waals surface area contributed by atoms with E-state index in [0.717, 1.165) is 33.9 Å². The molecule has 0 spiro atoms. The minimum atomic E-state index is 0.0826. The van der Waals surface area contributed by atoms with Gasteiger partial charge < -0.3 is 15.1 Å². The summed E-state index contributed by atoms with van der Waals surface area (Å²) >= 11 is 2.23. The predicted molar refractivity (Wildman–Crippen MR) is 117 cm³/mol. The van der Waals surface area contributed by atoms with Crippen molar-refractivity contribution in [1.82, 2.24) is 20.1 Å². The van der Waals surface area contributed by atoms with Gasteiger partial charge in [-0.1, -0.05) is 12.1 Å². The number of carbonyl (C=O) groups excluding carboxylic acids is 1. The molecule has 0 radical (unpaired) electrons. The summed E-state index contributed by atoms with van der Waals surface area (Å²) in [5.41, 5.74) is 0.741. The van der Waals surface area contributed by atoms with E-state index in [1.54, 1.807) is 6.20 Å². The van der Waals surface area contributed by atoms with E-state index < -0.39 is 0 Å². The standard InChI is InChI=1S/C20H19IN6O/c21-16-5-3-4-15(14-16)20(28)27-12-10-26(11-13-27)19-8-7-18(24-25-19)23-17-6-1-2-9-22-17/h1-9,14H,10-13H2,(H,22,23,24). The highest BCUT2D eigenvalue weighted by atomic mass is 127. The fraction of sp³-hybridized carbons (Fsp3) is 0.200. The minimum absolute atomic E-state index is 0.0826. The molecule has 0 unspecified atom stereocenters. The second kappa shape index (κ2) is 8.51. The second-order valence-corrected chi connectivity index (χ2v) is 7.65. The van der Waals surface area contributed by atoms with Gasteiger partial charge in [-0.15, -0.1) is 10.2 Å². The smallest absolute Gasteiger partial charge is 0.254 e.